The largest absolute Gasteiger partial charge is 0.394 e. The molecule has 3 rings (SSSR count). The monoisotopic (exact) mass is 380 g/mol. The average molecular weight is 380 g/mol. The number of benzene rings is 2. The number of nitrogens with zero attached hydrogens (tertiary/aromatic N) is 4. The van der Waals surface area contributed by atoms with Crippen molar-refractivity contribution in [3.05, 3.63) is 66.0 Å². The van der Waals surface area contributed by atoms with Crippen molar-refractivity contribution < 1.29 is 14.7 Å². The van der Waals surface area contributed by atoms with Crippen LogP contribution < -0.4 is 10.6 Å². The molecule has 9 heteroatoms. The fourth-order valence-corrected chi connectivity index (χ4v) is 2.68. The van der Waals surface area contributed by atoms with Crippen LogP contribution in [0.5, 0.6) is 0 Å². The molecule has 3 aromatic rings. The van der Waals surface area contributed by atoms with Crippen molar-refractivity contribution >= 4 is 17.5 Å². The molecule has 0 bridgehead atoms. The molecule has 28 heavy (non-hydrogen) atoms. The zero-order valence-corrected chi connectivity index (χ0v) is 15.2. The lowest BCUT2D eigenvalue weighted by Crippen LogP contribution is -2.44. The second-order valence-electron chi connectivity index (χ2n) is 6.19. The van der Waals surface area contributed by atoms with Gasteiger partial charge in [-0.15, -0.1) is 5.10 Å². The maximum atomic E-state index is 12.2. The number of aliphatic hydroxyl groups is 1. The maximum Gasteiger partial charge on any atom is 0.313 e. The molecule has 0 saturated heterocycles. The molecule has 144 valence electrons. The molecular weight excluding hydrogens is 360 g/mol. The van der Waals surface area contributed by atoms with Crippen molar-refractivity contribution in [1.29, 1.82) is 0 Å². The molecule has 3 N–H and O–H groups in total. The van der Waals surface area contributed by atoms with Crippen LogP contribution in [0.2, 0.25) is 0 Å². The van der Waals surface area contributed by atoms with Crippen molar-refractivity contribution in [2.45, 2.75) is 19.4 Å². The highest BCUT2D eigenvalue weighted by atomic mass is 16.3. The van der Waals surface area contributed by atoms with Crippen LogP contribution in [-0.4, -0.2) is 49.8 Å². The third-order valence-corrected chi connectivity index (χ3v) is 4.06. The van der Waals surface area contributed by atoms with E-state index >= 15 is 0 Å². The van der Waals surface area contributed by atoms with E-state index < -0.39 is 17.9 Å². The van der Waals surface area contributed by atoms with Gasteiger partial charge in [0.1, 0.15) is 0 Å². The number of carbonyl (C=O) groups is 2. The Morgan fingerprint density at radius 3 is 2.57 bits per heavy atom. The number of tetrazole rings is 1. The van der Waals surface area contributed by atoms with Crippen LogP contribution in [-0.2, 0) is 16.0 Å². The molecule has 0 fully saturated rings. The van der Waals surface area contributed by atoms with E-state index in [-0.39, 0.29) is 6.61 Å². The normalized spacial score (nSPS) is 11.6. The molecule has 0 spiro atoms. The SMILES string of the molecule is Cc1nnnn1-c1cccc(NC(=O)C(=O)N[C@H](CO)Cc2ccccc2)c1. The molecule has 0 aliphatic rings. The van der Waals surface area contributed by atoms with Crippen LogP contribution in [0.1, 0.15) is 11.4 Å². The van der Waals surface area contributed by atoms with Gasteiger partial charge in [-0.25, -0.2) is 0 Å². The minimum atomic E-state index is -0.822. The molecule has 1 atom stereocenters. The third kappa shape index (κ3) is 4.77. The molecule has 1 aromatic heterocycles. The molecule has 0 saturated carbocycles. The fraction of sp³-hybridized carbons (Fsp3) is 0.211. The Bertz CT molecular complexity index is 957. The van der Waals surface area contributed by atoms with Gasteiger partial charge in [0, 0.05) is 5.69 Å². The van der Waals surface area contributed by atoms with Gasteiger partial charge in [0.05, 0.1) is 18.3 Å². The first-order chi connectivity index (χ1) is 13.6. The third-order valence-electron chi connectivity index (χ3n) is 4.06. The summed E-state index contributed by atoms with van der Waals surface area (Å²) in [6.45, 7) is 1.47. The number of anilines is 1. The van der Waals surface area contributed by atoms with Crippen molar-refractivity contribution in [2.24, 2.45) is 0 Å². The summed E-state index contributed by atoms with van der Waals surface area (Å²) in [4.78, 5) is 24.4. The number of aliphatic hydroxyl groups excluding tert-OH is 1. The van der Waals surface area contributed by atoms with Crippen LogP contribution in [0, 0.1) is 6.92 Å². The van der Waals surface area contributed by atoms with Gasteiger partial charge >= 0.3 is 11.8 Å². The lowest BCUT2D eigenvalue weighted by molar-refractivity contribution is -0.136. The highest BCUT2D eigenvalue weighted by Crippen LogP contribution is 2.14. The smallest absolute Gasteiger partial charge is 0.313 e. The molecule has 1 heterocycles. The molecule has 2 aromatic carbocycles. The Hall–Kier alpha value is -3.59. The summed E-state index contributed by atoms with van der Waals surface area (Å²) in [5.74, 6) is -1.05. The van der Waals surface area contributed by atoms with Gasteiger partial charge in [-0.3, -0.25) is 9.59 Å². The van der Waals surface area contributed by atoms with Crippen LogP contribution in [0.25, 0.3) is 5.69 Å². The van der Waals surface area contributed by atoms with Crippen LogP contribution in [0.3, 0.4) is 0 Å². The first kappa shape index (κ1) is 19.2. The lowest BCUT2D eigenvalue weighted by Gasteiger charge is -2.16. The molecular formula is C19H20N6O3. The van der Waals surface area contributed by atoms with Crippen LogP contribution in [0.15, 0.2) is 54.6 Å². The highest BCUT2D eigenvalue weighted by Gasteiger charge is 2.19. The number of hydrogen-bond acceptors (Lipinski definition) is 6. The fourth-order valence-electron chi connectivity index (χ4n) is 2.68. The van der Waals surface area contributed by atoms with E-state index in [0.29, 0.717) is 23.6 Å². The summed E-state index contributed by atoms with van der Waals surface area (Å²) in [5, 5.41) is 25.9. The van der Waals surface area contributed by atoms with Gasteiger partial charge in [-0.1, -0.05) is 36.4 Å². The minimum Gasteiger partial charge on any atom is -0.394 e. The van der Waals surface area contributed by atoms with E-state index in [2.05, 4.69) is 26.2 Å². The molecule has 0 unspecified atom stereocenters. The molecule has 0 aliphatic heterocycles. The van der Waals surface area contributed by atoms with Crippen molar-refractivity contribution in [2.75, 3.05) is 11.9 Å². The van der Waals surface area contributed by atoms with Crippen LogP contribution >= 0.6 is 0 Å². The van der Waals surface area contributed by atoms with E-state index in [4.69, 9.17) is 0 Å². The van der Waals surface area contributed by atoms with Gasteiger partial charge in [0.25, 0.3) is 0 Å². The highest BCUT2D eigenvalue weighted by molar-refractivity contribution is 6.39. The standard InChI is InChI=1S/C19H20N6O3/c1-13-22-23-24-25(13)17-9-5-8-15(11-17)20-18(27)19(28)21-16(12-26)10-14-6-3-2-4-7-14/h2-9,11,16,26H,10,12H2,1H3,(H,20,27)(H,21,28)/t16-/m0/s1. The van der Waals surface area contributed by atoms with E-state index in [9.17, 15) is 14.7 Å². The van der Waals surface area contributed by atoms with E-state index in [1.54, 1.807) is 31.2 Å². The zero-order chi connectivity index (χ0) is 19.9. The molecule has 0 radical (unpaired) electrons. The van der Waals surface area contributed by atoms with Crippen molar-refractivity contribution in [1.82, 2.24) is 25.5 Å². The Morgan fingerprint density at radius 2 is 1.89 bits per heavy atom. The Balaban J connectivity index is 1.62. The number of nitrogens with one attached hydrogen (secondary N) is 2. The molecule has 2 amide bonds. The average Bonchev–Trinajstić information content (AvgIpc) is 3.14. The summed E-state index contributed by atoms with van der Waals surface area (Å²) < 4.78 is 1.51. The van der Waals surface area contributed by atoms with E-state index in [1.807, 2.05) is 30.3 Å². The van der Waals surface area contributed by atoms with Gasteiger partial charge in [0.15, 0.2) is 5.82 Å². The molecule has 0 aliphatic carbocycles. The quantitative estimate of drug-likeness (QED) is 0.539. The number of carbonyl (C=O) groups excluding carboxylic acids is 2. The zero-order valence-electron chi connectivity index (χ0n) is 15.2. The first-order valence-corrected chi connectivity index (χ1v) is 8.69. The number of aromatic nitrogens is 4. The van der Waals surface area contributed by atoms with Crippen molar-refractivity contribution in [3.8, 4) is 5.69 Å². The van der Waals surface area contributed by atoms with Crippen LogP contribution in [0.4, 0.5) is 5.69 Å². The summed E-state index contributed by atoms with van der Waals surface area (Å²) >= 11 is 0. The lowest BCUT2D eigenvalue weighted by atomic mass is 10.1. The Labute approximate surface area is 161 Å². The second-order valence-corrected chi connectivity index (χ2v) is 6.19. The topological polar surface area (TPSA) is 122 Å². The number of amides is 2. The summed E-state index contributed by atoms with van der Waals surface area (Å²) in [5.41, 5.74) is 2.03. The Kier molecular flexibility index (Phi) is 6.07. The number of aryl methyl sites for hydroxylation is 1. The van der Waals surface area contributed by atoms with Gasteiger partial charge in [-0.2, -0.15) is 4.68 Å². The summed E-state index contributed by atoms with van der Waals surface area (Å²) in [6.07, 6.45) is 0.421. The number of rotatable bonds is 6. The predicted molar refractivity (Wildman–Crippen MR) is 102 cm³/mol. The first-order valence-electron chi connectivity index (χ1n) is 8.69. The predicted octanol–water partition coefficient (Wildman–Crippen LogP) is 0.629. The summed E-state index contributed by atoms with van der Waals surface area (Å²) in [7, 11) is 0. The summed E-state index contributed by atoms with van der Waals surface area (Å²) in [6, 6.07) is 15.7. The minimum absolute atomic E-state index is 0.276. The molecule has 9 nitrogen and oxygen atoms in total. The van der Waals surface area contributed by atoms with Gasteiger partial charge in [0.2, 0.25) is 0 Å². The second kappa shape index (κ2) is 8.87. The maximum absolute atomic E-state index is 12.2. The van der Waals surface area contributed by atoms with E-state index in [1.165, 1.54) is 4.68 Å². The van der Waals surface area contributed by atoms with Gasteiger partial charge < -0.3 is 15.7 Å². The van der Waals surface area contributed by atoms with E-state index in [0.717, 1.165) is 5.56 Å². The number of hydrogen-bond donors (Lipinski definition) is 3. The van der Waals surface area contributed by atoms with Crippen molar-refractivity contribution in [3.63, 3.8) is 0 Å². The van der Waals surface area contributed by atoms with Gasteiger partial charge in [-0.05, 0) is 47.5 Å². The Morgan fingerprint density at radius 1 is 1.11 bits per heavy atom.